The summed E-state index contributed by atoms with van der Waals surface area (Å²) >= 11 is 1.13. The quantitative estimate of drug-likeness (QED) is 0.304. The molecule has 222 valence electrons. The number of oxazole rings is 1. The van der Waals surface area contributed by atoms with E-state index in [4.69, 9.17) is 9.15 Å². The summed E-state index contributed by atoms with van der Waals surface area (Å²) in [4.78, 5) is 45.2. The van der Waals surface area contributed by atoms with Crippen LogP contribution in [0.5, 0.6) is 0 Å². The molecule has 0 bridgehead atoms. The number of halogens is 1. The van der Waals surface area contributed by atoms with Crippen LogP contribution in [0.3, 0.4) is 0 Å². The highest BCUT2D eigenvalue weighted by atomic mass is 32.1. The minimum absolute atomic E-state index is 0.161. The van der Waals surface area contributed by atoms with Gasteiger partial charge in [0.15, 0.2) is 0 Å². The van der Waals surface area contributed by atoms with Gasteiger partial charge in [0, 0.05) is 5.56 Å². The monoisotopic (exact) mass is 597 g/mol. The van der Waals surface area contributed by atoms with Crippen molar-refractivity contribution in [2.24, 2.45) is 11.8 Å². The van der Waals surface area contributed by atoms with Gasteiger partial charge in [0.05, 0.1) is 35.2 Å². The molecule has 1 unspecified atom stereocenters. The Kier molecular flexibility index (Phi) is 7.19. The van der Waals surface area contributed by atoms with Crippen molar-refractivity contribution in [3.63, 3.8) is 0 Å². The van der Waals surface area contributed by atoms with Gasteiger partial charge in [-0.2, -0.15) is 0 Å². The van der Waals surface area contributed by atoms with Gasteiger partial charge in [-0.05, 0) is 69.9 Å². The maximum absolute atomic E-state index is 15.3. The van der Waals surface area contributed by atoms with Crippen LogP contribution in [-0.4, -0.2) is 42.5 Å². The van der Waals surface area contributed by atoms with E-state index in [-0.39, 0.29) is 35.6 Å². The highest BCUT2D eigenvalue weighted by molar-refractivity contribution is 7.22. The van der Waals surface area contributed by atoms with Gasteiger partial charge >= 0.3 is 11.7 Å². The van der Waals surface area contributed by atoms with E-state index < -0.39 is 34.7 Å². The molecule has 0 saturated heterocycles. The number of aryl methyl sites for hydroxylation is 1. The summed E-state index contributed by atoms with van der Waals surface area (Å²) in [5.41, 5.74) is -2.70. The van der Waals surface area contributed by atoms with E-state index in [1.807, 2.05) is 0 Å². The van der Waals surface area contributed by atoms with Crippen LogP contribution < -0.4 is 11.2 Å². The third-order valence-corrected chi connectivity index (χ3v) is 10.1. The van der Waals surface area contributed by atoms with Crippen molar-refractivity contribution >= 4 is 27.5 Å². The van der Waals surface area contributed by atoms with E-state index in [1.54, 1.807) is 25.1 Å². The normalized spacial score (nSPS) is 23.0. The fraction of sp³-hybridized carbons (Fsp3) is 0.467. The number of carbonyl (C=O) groups is 1. The molecule has 10 nitrogen and oxygen atoms in total. The van der Waals surface area contributed by atoms with Crippen LogP contribution >= 0.6 is 11.3 Å². The van der Waals surface area contributed by atoms with Crippen molar-refractivity contribution in [2.75, 3.05) is 0 Å². The number of aliphatic hydroxyl groups excluding tert-OH is 1. The van der Waals surface area contributed by atoms with E-state index in [1.165, 1.54) is 36.9 Å². The molecule has 4 aromatic rings. The van der Waals surface area contributed by atoms with E-state index in [2.05, 4.69) is 4.98 Å². The zero-order valence-corrected chi connectivity index (χ0v) is 24.3. The molecule has 1 aromatic carbocycles. The fourth-order valence-electron chi connectivity index (χ4n) is 6.62. The molecule has 42 heavy (non-hydrogen) atoms. The lowest BCUT2D eigenvalue weighted by molar-refractivity contribution is -0.146. The first-order valence-electron chi connectivity index (χ1n) is 14.0. The topological polar surface area (TPSA) is 137 Å². The minimum atomic E-state index is -1.88. The molecule has 2 fully saturated rings. The highest BCUT2D eigenvalue weighted by Crippen LogP contribution is 2.46. The van der Waals surface area contributed by atoms with Gasteiger partial charge in [-0.25, -0.2) is 23.5 Å². The number of ether oxygens (including phenoxy) is 1. The summed E-state index contributed by atoms with van der Waals surface area (Å²) in [5.74, 6) is -0.945. The summed E-state index contributed by atoms with van der Waals surface area (Å²) in [6, 6.07) is 6.20. The fourth-order valence-corrected chi connectivity index (χ4v) is 7.87. The number of carboxylic acid groups (broad SMARTS) is 1. The lowest BCUT2D eigenvalue weighted by atomic mass is 10.0. The van der Waals surface area contributed by atoms with Crippen LogP contribution in [0.2, 0.25) is 0 Å². The molecule has 0 radical (unpaired) electrons. The number of nitrogens with zero attached hydrogens (tertiary/aromatic N) is 3. The Labute approximate surface area is 244 Å². The van der Waals surface area contributed by atoms with Gasteiger partial charge in [0.25, 0.3) is 5.56 Å². The van der Waals surface area contributed by atoms with E-state index in [9.17, 15) is 24.6 Å². The number of hydrogen-bond donors (Lipinski definition) is 2. The summed E-state index contributed by atoms with van der Waals surface area (Å²) in [6.45, 7) is 4.12. The molecule has 3 aromatic heterocycles. The maximum atomic E-state index is 15.3. The molecule has 2 N–H and O–H groups in total. The van der Waals surface area contributed by atoms with Crippen LogP contribution in [0.15, 0.2) is 50.7 Å². The smallest absolute Gasteiger partial charge is 0.333 e. The molecular weight excluding hydrogens is 565 g/mol. The van der Waals surface area contributed by atoms with Crippen LogP contribution in [0.1, 0.15) is 56.8 Å². The third kappa shape index (κ3) is 4.71. The number of carboxylic acids is 1. The van der Waals surface area contributed by atoms with Crippen LogP contribution in [0, 0.1) is 24.6 Å². The molecule has 0 aliphatic heterocycles. The van der Waals surface area contributed by atoms with Gasteiger partial charge in [-0.15, -0.1) is 11.3 Å². The Balaban J connectivity index is 1.52. The maximum Gasteiger partial charge on any atom is 0.333 e. The number of fused-ring (bicyclic) bond motifs is 2. The number of aliphatic hydroxyl groups is 1. The Morgan fingerprint density at radius 1 is 1.21 bits per heavy atom. The lowest BCUT2D eigenvalue weighted by Crippen LogP contribution is -2.52. The predicted octanol–water partition coefficient (Wildman–Crippen LogP) is 4.45. The Morgan fingerprint density at radius 3 is 2.52 bits per heavy atom. The van der Waals surface area contributed by atoms with E-state index in [0.29, 0.717) is 39.9 Å². The molecule has 2 aliphatic rings. The van der Waals surface area contributed by atoms with Gasteiger partial charge in [-0.3, -0.25) is 9.36 Å². The molecule has 0 amide bonds. The summed E-state index contributed by atoms with van der Waals surface area (Å²) in [5, 5.41) is 20.2. The van der Waals surface area contributed by atoms with Crippen LogP contribution in [0.25, 0.3) is 21.0 Å². The largest absolute Gasteiger partial charge is 0.480 e. The third-order valence-electron chi connectivity index (χ3n) is 8.83. The number of rotatable bonds is 8. The molecule has 3 heterocycles. The van der Waals surface area contributed by atoms with E-state index in [0.717, 1.165) is 28.7 Å². The first-order chi connectivity index (χ1) is 20.0. The minimum Gasteiger partial charge on any atom is -0.480 e. The molecular formula is C30H32FN3O7S. The summed E-state index contributed by atoms with van der Waals surface area (Å²) in [6.07, 6.45) is 4.29. The van der Waals surface area contributed by atoms with Gasteiger partial charge < -0.3 is 19.4 Å². The van der Waals surface area contributed by atoms with Crippen molar-refractivity contribution < 1.29 is 28.6 Å². The molecule has 6 rings (SSSR count). The average molecular weight is 598 g/mol. The number of benzene rings is 1. The number of aliphatic carboxylic acids is 1. The summed E-state index contributed by atoms with van der Waals surface area (Å²) in [7, 11) is 0. The number of aromatic nitrogens is 3. The van der Waals surface area contributed by atoms with Gasteiger partial charge in [0.2, 0.25) is 5.89 Å². The number of hydrogen-bond acceptors (Lipinski definition) is 8. The molecule has 0 spiro atoms. The Morgan fingerprint density at radius 2 is 1.90 bits per heavy atom. The predicted molar refractivity (Wildman–Crippen MR) is 153 cm³/mol. The van der Waals surface area contributed by atoms with Crippen LogP contribution in [0.4, 0.5) is 4.39 Å². The van der Waals surface area contributed by atoms with Crippen molar-refractivity contribution in [1.82, 2.24) is 14.1 Å². The molecule has 2 aliphatic carbocycles. The number of thiophene rings is 1. The zero-order valence-electron chi connectivity index (χ0n) is 23.4. The standard InChI is InChI=1S/C30H32FN3O7S/c1-15-23-26(36)34(30(2,3)28(37)38)29(39)33(27(23)42-24(15)25-32-8-9-40-25)14-22(20-6-4-5-7-21(20)31)41-19-12-16-10-18(35)11-17(16)13-19/h4-9,16-19,22,35H,10-14H2,1-3H3,(H,37,38)/t16-,17+,18-,19+,22?. The van der Waals surface area contributed by atoms with Gasteiger partial charge in [-0.1, -0.05) is 18.2 Å². The first-order valence-corrected chi connectivity index (χ1v) is 14.8. The zero-order chi connectivity index (χ0) is 29.9. The average Bonchev–Trinajstić information content (AvgIpc) is 3.70. The lowest BCUT2D eigenvalue weighted by Gasteiger charge is -2.27. The Bertz CT molecular complexity index is 1760. The van der Waals surface area contributed by atoms with Crippen molar-refractivity contribution in [1.29, 1.82) is 0 Å². The van der Waals surface area contributed by atoms with Crippen LogP contribution in [-0.2, 0) is 21.6 Å². The summed E-state index contributed by atoms with van der Waals surface area (Å²) < 4.78 is 29.4. The second-order valence-electron chi connectivity index (χ2n) is 11.9. The SMILES string of the molecule is Cc1c(-c2ncco2)sc2c1c(=O)n(C(C)(C)C(=O)O)c(=O)n2CC(O[C@H]1C[C@H]2C[C@@H](O)C[C@H]2C1)c1ccccc1F. The second kappa shape index (κ2) is 10.6. The van der Waals surface area contributed by atoms with Gasteiger partial charge in [0.1, 0.15) is 28.6 Å². The van der Waals surface area contributed by atoms with Crippen molar-refractivity contribution in [3.8, 4) is 10.8 Å². The molecule has 5 atom stereocenters. The molecule has 12 heteroatoms. The second-order valence-corrected chi connectivity index (χ2v) is 12.9. The first kappa shape index (κ1) is 28.5. The van der Waals surface area contributed by atoms with Crippen molar-refractivity contribution in [3.05, 3.63) is 74.5 Å². The Hall–Kier alpha value is -3.61. The molecule has 2 saturated carbocycles. The highest BCUT2D eigenvalue weighted by Gasteiger charge is 2.43. The van der Waals surface area contributed by atoms with Crippen molar-refractivity contribution in [2.45, 2.75) is 76.9 Å². The van der Waals surface area contributed by atoms with E-state index >= 15 is 4.39 Å².